The average Bonchev–Trinajstić information content (AvgIpc) is 2.76. The summed E-state index contributed by atoms with van der Waals surface area (Å²) < 4.78 is 31.6. The van der Waals surface area contributed by atoms with E-state index in [-0.39, 0.29) is 4.90 Å². The zero-order chi connectivity index (χ0) is 21.1. The highest BCUT2D eigenvalue weighted by Crippen LogP contribution is 2.25. The normalized spacial score (nSPS) is 11.2. The average molecular weight is 438 g/mol. The summed E-state index contributed by atoms with van der Waals surface area (Å²) in [5, 5.41) is 0.392. The van der Waals surface area contributed by atoms with Crippen LogP contribution in [0, 0.1) is 0 Å². The molecule has 0 aliphatic rings. The van der Waals surface area contributed by atoms with E-state index in [1.54, 1.807) is 30.3 Å². The Morgan fingerprint density at radius 1 is 0.700 bits per heavy atom. The van der Waals surface area contributed by atoms with Crippen molar-refractivity contribution in [1.82, 2.24) is 4.73 Å². The number of hydrogen-bond donors (Lipinski definition) is 0. The molecule has 1 heterocycles. The third-order valence-electron chi connectivity index (χ3n) is 4.44. The summed E-state index contributed by atoms with van der Waals surface area (Å²) in [5.74, 6) is 0. The van der Waals surface area contributed by atoms with Crippen LogP contribution < -0.4 is 9.84 Å². The van der Waals surface area contributed by atoms with Crippen molar-refractivity contribution in [3.8, 4) is 22.4 Å². The number of aromatic nitrogens is 1. The van der Waals surface area contributed by atoms with Crippen molar-refractivity contribution in [2.75, 3.05) is 0 Å². The van der Waals surface area contributed by atoms with E-state index in [0.717, 1.165) is 10.3 Å². The molecule has 4 rings (SSSR count). The lowest BCUT2D eigenvalue weighted by Gasteiger charge is -2.15. The van der Waals surface area contributed by atoms with Crippen LogP contribution in [0.3, 0.4) is 0 Å². The van der Waals surface area contributed by atoms with Crippen molar-refractivity contribution in [3.63, 3.8) is 0 Å². The van der Waals surface area contributed by atoms with Crippen LogP contribution in [-0.4, -0.2) is 13.1 Å². The zero-order valence-electron chi connectivity index (χ0n) is 15.6. The van der Waals surface area contributed by atoms with E-state index >= 15 is 0 Å². The number of pyridine rings is 1. The van der Waals surface area contributed by atoms with E-state index in [1.807, 2.05) is 36.4 Å². The van der Waals surface area contributed by atoms with Gasteiger partial charge in [-0.25, -0.2) is 0 Å². The smallest absolute Gasteiger partial charge is 0.280 e. The maximum atomic E-state index is 12.9. The molecule has 0 spiro atoms. The van der Waals surface area contributed by atoms with Crippen molar-refractivity contribution in [1.29, 1.82) is 0 Å². The van der Waals surface area contributed by atoms with E-state index in [9.17, 15) is 13.2 Å². The van der Waals surface area contributed by atoms with Crippen LogP contribution in [-0.2, 0) is 10.1 Å². The topological polar surface area (TPSA) is 65.4 Å². The van der Waals surface area contributed by atoms with Crippen LogP contribution in [0.25, 0.3) is 22.4 Å². The molecule has 5 nitrogen and oxygen atoms in total. The summed E-state index contributed by atoms with van der Waals surface area (Å²) in [7, 11) is -4.26. The first-order chi connectivity index (χ1) is 14.4. The molecule has 0 atom stereocenters. The SMILES string of the molecule is O=c1cc(-c2ccccc2)cc(-c2ccccc2)n1OS(=O)(=O)c1ccc(Cl)cc1. The Morgan fingerprint density at radius 3 is 1.87 bits per heavy atom. The first kappa shape index (κ1) is 19.9. The third kappa shape index (κ3) is 4.15. The molecule has 30 heavy (non-hydrogen) atoms. The van der Waals surface area contributed by atoms with Gasteiger partial charge in [-0.2, -0.15) is 8.42 Å². The molecule has 1 aromatic heterocycles. The fourth-order valence-corrected chi connectivity index (χ4v) is 4.02. The van der Waals surface area contributed by atoms with Crippen LogP contribution in [0.1, 0.15) is 0 Å². The van der Waals surface area contributed by atoms with E-state index in [2.05, 4.69) is 0 Å². The molecule has 7 heteroatoms. The Morgan fingerprint density at radius 2 is 1.27 bits per heavy atom. The zero-order valence-corrected chi connectivity index (χ0v) is 17.2. The number of rotatable bonds is 5. The summed E-state index contributed by atoms with van der Waals surface area (Å²) in [6.07, 6.45) is 0. The van der Waals surface area contributed by atoms with E-state index < -0.39 is 15.7 Å². The Kier molecular flexibility index (Phi) is 5.44. The number of halogens is 1. The maximum absolute atomic E-state index is 12.9. The van der Waals surface area contributed by atoms with Crippen molar-refractivity contribution < 1.29 is 12.7 Å². The summed E-state index contributed by atoms with van der Waals surface area (Å²) in [6, 6.07) is 26.9. The van der Waals surface area contributed by atoms with E-state index in [1.165, 1.54) is 30.3 Å². The lowest BCUT2D eigenvalue weighted by atomic mass is 10.0. The molecule has 150 valence electrons. The highest BCUT2D eigenvalue weighted by atomic mass is 35.5. The van der Waals surface area contributed by atoms with Crippen LogP contribution in [0.5, 0.6) is 0 Å². The molecule has 0 saturated heterocycles. The van der Waals surface area contributed by atoms with Crippen molar-refractivity contribution in [2.45, 2.75) is 4.90 Å². The van der Waals surface area contributed by atoms with Gasteiger partial charge in [0.1, 0.15) is 4.90 Å². The van der Waals surface area contributed by atoms with Gasteiger partial charge in [-0.1, -0.05) is 72.3 Å². The number of nitrogens with zero attached hydrogens (tertiary/aromatic N) is 1. The van der Waals surface area contributed by atoms with Gasteiger partial charge in [-0.3, -0.25) is 9.08 Å². The lowest BCUT2D eigenvalue weighted by Crippen LogP contribution is -2.32. The van der Waals surface area contributed by atoms with Gasteiger partial charge in [-0.05, 0) is 41.5 Å². The fraction of sp³-hybridized carbons (Fsp3) is 0. The molecule has 0 fully saturated rings. The Balaban J connectivity index is 1.87. The van der Waals surface area contributed by atoms with Crippen molar-refractivity contribution in [3.05, 3.63) is 112 Å². The molecule has 0 amide bonds. The first-order valence-electron chi connectivity index (χ1n) is 9.02. The fourth-order valence-electron chi connectivity index (χ4n) is 2.98. The molecule has 0 saturated carbocycles. The Bertz CT molecular complexity index is 1330. The van der Waals surface area contributed by atoms with Gasteiger partial charge in [0.15, 0.2) is 0 Å². The second kappa shape index (κ2) is 8.18. The molecule has 0 bridgehead atoms. The predicted octanol–water partition coefficient (Wildman–Crippen LogP) is 4.65. The molecule has 4 aromatic rings. The molecule has 3 aromatic carbocycles. The van der Waals surface area contributed by atoms with Gasteiger partial charge in [0.2, 0.25) is 0 Å². The Hall–Kier alpha value is -3.35. The molecular weight excluding hydrogens is 422 g/mol. The van der Waals surface area contributed by atoms with Gasteiger partial charge in [0.05, 0.1) is 5.69 Å². The van der Waals surface area contributed by atoms with Gasteiger partial charge < -0.3 is 0 Å². The summed E-state index contributed by atoms with van der Waals surface area (Å²) in [5.41, 5.74) is 1.84. The predicted molar refractivity (Wildman–Crippen MR) is 117 cm³/mol. The van der Waals surface area contributed by atoms with Crippen molar-refractivity contribution in [2.24, 2.45) is 0 Å². The lowest BCUT2D eigenvalue weighted by molar-refractivity contribution is 0.272. The molecule has 0 aliphatic carbocycles. The minimum absolute atomic E-state index is 0.107. The second-order valence-corrected chi connectivity index (χ2v) is 8.44. The monoisotopic (exact) mass is 437 g/mol. The van der Waals surface area contributed by atoms with Gasteiger partial charge in [0, 0.05) is 16.7 Å². The first-order valence-corrected chi connectivity index (χ1v) is 10.8. The van der Waals surface area contributed by atoms with Crippen molar-refractivity contribution >= 4 is 21.7 Å². The standard InChI is InChI=1S/C23H16ClNO4S/c24-20-11-13-21(14-12-20)30(27,28)29-25-22(18-9-5-2-6-10-18)15-19(16-23(25)26)17-7-3-1-4-8-17/h1-16H. The summed E-state index contributed by atoms with van der Waals surface area (Å²) >= 11 is 5.84. The van der Waals surface area contributed by atoms with Crippen LogP contribution >= 0.6 is 11.6 Å². The molecule has 0 radical (unpaired) electrons. The minimum atomic E-state index is -4.26. The maximum Gasteiger partial charge on any atom is 0.357 e. The molecule has 0 unspecified atom stereocenters. The second-order valence-electron chi connectivity index (χ2n) is 6.48. The van der Waals surface area contributed by atoms with Gasteiger partial charge >= 0.3 is 10.1 Å². The minimum Gasteiger partial charge on any atom is -0.280 e. The summed E-state index contributed by atoms with van der Waals surface area (Å²) in [6.45, 7) is 0. The van der Waals surface area contributed by atoms with Crippen LogP contribution in [0.15, 0.2) is 107 Å². The van der Waals surface area contributed by atoms with E-state index in [4.69, 9.17) is 15.9 Å². The molecular formula is C23H16ClNO4S. The Labute approximate surface area is 178 Å². The highest BCUT2D eigenvalue weighted by molar-refractivity contribution is 7.87. The largest absolute Gasteiger partial charge is 0.357 e. The van der Waals surface area contributed by atoms with Crippen LogP contribution in [0.2, 0.25) is 5.02 Å². The molecule has 0 N–H and O–H groups in total. The highest BCUT2D eigenvalue weighted by Gasteiger charge is 2.21. The third-order valence-corrected chi connectivity index (χ3v) is 5.89. The number of benzene rings is 3. The number of hydrogen-bond acceptors (Lipinski definition) is 4. The van der Waals surface area contributed by atoms with Crippen LogP contribution in [0.4, 0.5) is 0 Å². The summed E-state index contributed by atoms with van der Waals surface area (Å²) in [4.78, 5) is 12.8. The van der Waals surface area contributed by atoms with E-state index in [0.29, 0.717) is 21.8 Å². The van der Waals surface area contributed by atoms with Gasteiger partial charge in [-0.15, -0.1) is 4.73 Å². The molecule has 0 aliphatic heterocycles. The quantitative estimate of drug-likeness (QED) is 0.455. The van der Waals surface area contributed by atoms with Gasteiger partial charge in [0.25, 0.3) is 5.56 Å².